The summed E-state index contributed by atoms with van der Waals surface area (Å²) in [5, 5.41) is 0. The lowest BCUT2D eigenvalue weighted by molar-refractivity contribution is -0.892. The van der Waals surface area contributed by atoms with Gasteiger partial charge in [-0.2, -0.15) is 13.2 Å². The second kappa shape index (κ2) is 7.90. The minimum Gasteiger partial charge on any atom is -0.360 e. The van der Waals surface area contributed by atoms with Crippen LogP contribution in [0.3, 0.4) is 0 Å². The molecule has 2 fully saturated rings. The first kappa shape index (κ1) is 20.9. The summed E-state index contributed by atoms with van der Waals surface area (Å²) in [7, 11) is -1.40. The number of rotatable bonds is 4. The van der Waals surface area contributed by atoms with Gasteiger partial charge in [0.2, 0.25) is 0 Å². The van der Waals surface area contributed by atoms with Gasteiger partial charge in [0.1, 0.15) is 0 Å². The van der Waals surface area contributed by atoms with E-state index in [9.17, 15) is 26.4 Å². The number of benzene rings is 1. The topological polar surface area (TPSA) is 62.1 Å². The van der Waals surface area contributed by atoms with Gasteiger partial charge in [0.05, 0.1) is 43.2 Å². The van der Waals surface area contributed by atoms with Crippen molar-refractivity contribution in [3.8, 4) is 0 Å². The Bertz CT molecular complexity index is 821. The van der Waals surface area contributed by atoms with Gasteiger partial charge in [0.25, 0.3) is 5.91 Å². The number of alkyl halides is 3. The summed E-state index contributed by atoms with van der Waals surface area (Å²) in [6, 6.07) is 5.03. The van der Waals surface area contributed by atoms with Crippen LogP contribution < -0.4 is 9.80 Å². The van der Waals surface area contributed by atoms with Crippen molar-refractivity contribution in [3.05, 3.63) is 29.8 Å². The van der Waals surface area contributed by atoms with E-state index in [1.54, 1.807) is 13.1 Å². The lowest BCUT2D eigenvalue weighted by atomic mass is 10.1. The predicted octanol–water partition coefficient (Wildman–Crippen LogP) is 0.0558. The number of carbonyl (C=O) groups excluding carboxylic acids is 1. The summed E-state index contributed by atoms with van der Waals surface area (Å²) < 4.78 is 61.9. The molecule has 1 aromatic carbocycles. The van der Waals surface area contributed by atoms with Crippen LogP contribution in [0.2, 0.25) is 0 Å². The van der Waals surface area contributed by atoms with E-state index in [4.69, 9.17) is 0 Å². The zero-order valence-electron chi connectivity index (χ0n) is 15.7. The molecule has 1 aromatic rings. The molecular weight excluding hydrogens is 395 g/mol. The SMILES string of the molecule is CN(C(=O)C[NH+]1CCN(c2cccc(C(F)(F)F)c2)CC1)[C@@H]1CCS(=O)(=O)C1. The summed E-state index contributed by atoms with van der Waals surface area (Å²) in [6.07, 6.45) is -3.89. The van der Waals surface area contributed by atoms with Crippen LogP contribution in [0.4, 0.5) is 18.9 Å². The van der Waals surface area contributed by atoms with Crippen molar-refractivity contribution in [1.29, 1.82) is 0 Å². The number of sulfone groups is 1. The quantitative estimate of drug-likeness (QED) is 0.748. The van der Waals surface area contributed by atoms with Gasteiger partial charge in [-0.05, 0) is 24.6 Å². The fourth-order valence-corrected chi connectivity index (χ4v) is 5.53. The number of nitrogens with one attached hydrogen (secondary N) is 1. The number of nitrogens with zero attached hydrogens (tertiary/aromatic N) is 2. The van der Waals surface area contributed by atoms with Gasteiger partial charge in [-0.25, -0.2) is 8.42 Å². The van der Waals surface area contributed by atoms with Crippen LogP contribution in [-0.2, 0) is 20.8 Å². The number of halogens is 3. The first-order valence-corrected chi connectivity index (χ1v) is 11.1. The zero-order valence-corrected chi connectivity index (χ0v) is 16.5. The molecule has 2 heterocycles. The van der Waals surface area contributed by atoms with E-state index in [0.29, 0.717) is 38.3 Å². The molecule has 0 spiro atoms. The Morgan fingerprint density at radius 3 is 2.54 bits per heavy atom. The summed E-state index contributed by atoms with van der Waals surface area (Å²) >= 11 is 0. The van der Waals surface area contributed by atoms with Crippen LogP contribution in [0, 0.1) is 0 Å². The Kier molecular flexibility index (Phi) is 5.90. The minimum absolute atomic E-state index is 0.0217. The smallest absolute Gasteiger partial charge is 0.360 e. The Hall–Kier alpha value is -1.81. The molecule has 0 radical (unpaired) electrons. The molecule has 2 aliphatic rings. The molecule has 0 bridgehead atoms. The summed E-state index contributed by atoms with van der Waals surface area (Å²) in [5.41, 5.74) is -0.128. The van der Waals surface area contributed by atoms with E-state index in [0.717, 1.165) is 17.0 Å². The lowest BCUT2D eigenvalue weighted by Crippen LogP contribution is -3.16. The molecule has 0 aromatic heterocycles. The van der Waals surface area contributed by atoms with E-state index in [-0.39, 0.29) is 30.0 Å². The average molecular weight is 420 g/mol. The maximum absolute atomic E-state index is 12.9. The number of likely N-dealkylation sites (N-methyl/N-ethyl adjacent to an activating group) is 1. The number of hydrogen-bond acceptors (Lipinski definition) is 4. The van der Waals surface area contributed by atoms with Crippen LogP contribution in [0.25, 0.3) is 0 Å². The Morgan fingerprint density at radius 1 is 1.29 bits per heavy atom. The molecule has 0 unspecified atom stereocenters. The van der Waals surface area contributed by atoms with E-state index >= 15 is 0 Å². The fourth-order valence-electron chi connectivity index (χ4n) is 3.76. The highest BCUT2D eigenvalue weighted by Gasteiger charge is 2.34. The molecule has 6 nitrogen and oxygen atoms in total. The number of piperazine rings is 1. The second-order valence-corrected chi connectivity index (χ2v) is 9.75. The lowest BCUT2D eigenvalue weighted by Gasteiger charge is -2.34. The second-order valence-electron chi connectivity index (χ2n) is 7.52. The summed E-state index contributed by atoms with van der Waals surface area (Å²) in [5.74, 6) is 0.0516. The standard InChI is InChI=1S/C18H24F3N3O3S/c1-22(16-5-10-28(26,27)13-16)17(25)12-23-6-8-24(9-7-23)15-4-2-3-14(11-15)18(19,20)21/h2-4,11,16H,5-10,12-13H2,1H3/p+1/t16-/m1/s1. The van der Waals surface area contributed by atoms with Gasteiger partial charge in [0, 0.05) is 18.8 Å². The molecule has 28 heavy (non-hydrogen) atoms. The van der Waals surface area contributed by atoms with Crippen LogP contribution in [0.5, 0.6) is 0 Å². The molecule has 156 valence electrons. The normalized spacial score (nSPS) is 23.0. The molecule has 10 heteroatoms. The number of amides is 1. The molecule has 0 aliphatic carbocycles. The van der Waals surface area contributed by atoms with Gasteiger partial charge in [-0.1, -0.05) is 6.07 Å². The van der Waals surface area contributed by atoms with Gasteiger partial charge in [-0.3, -0.25) is 4.79 Å². The van der Waals surface area contributed by atoms with E-state index in [2.05, 4.69) is 0 Å². The summed E-state index contributed by atoms with van der Waals surface area (Å²) in [4.78, 5) is 17.0. The van der Waals surface area contributed by atoms with Crippen LogP contribution in [0.1, 0.15) is 12.0 Å². The Labute approximate surface area is 162 Å². The number of carbonyl (C=O) groups is 1. The van der Waals surface area contributed by atoms with Crippen molar-refractivity contribution in [2.45, 2.75) is 18.6 Å². The number of anilines is 1. The zero-order chi connectivity index (χ0) is 20.5. The van der Waals surface area contributed by atoms with E-state index < -0.39 is 21.6 Å². The first-order valence-electron chi connectivity index (χ1n) is 9.27. The molecule has 1 amide bonds. The van der Waals surface area contributed by atoms with Crippen LogP contribution in [0.15, 0.2) is 24.3 Å². The molecule has 3 rings (SSSR count). The fraction of sp³-hybridized carbons (Fsp3) is 0.611. The van der Waals surface area contributed by atoms with Gasteiger partial charge < -0.3 is 14.7 Å². The first-order chi connectivity index (χ1) is 13.0. The monoisotopic (exact) mass is 420 g/mol. The average Bonchev–Trinajstić information content (AvgIpc) is 3.01. The van der Waals surface area contributed by atoms with Crippen LogP contribution in [-0.4, -0.2) is 76.5 Å². The van der Waals surface area contributed by atoms with Crippen molar-refractivity contribution < 1.29 is 31.3 Å². The maximum atomic E-state index is 12.9. The molecule has 2 aliphatic heterocycles. The van der Waals surface area contributed by atoms with Gasteiger partial charge in [-0.15, -0.1) is 0 Å². The van der Waals surface area contributed by atoms with Gasteiger partial charge >= 0.3 is 6.18 Å². The van der Waals surface area contributed by atoms with Crippen molar-refractivity contribution in [1.82, 2.24) is 4.90 Å². The largest absolute Gasteiger partial charge is 0.416 e. The number of quaternary nitrogens is 1. The number of hydrogen-bond donors (Lipinski definition) is 1. The molecule has 2 saturated heterocycles. The highest BCUT2D eigenvalue weighted by atomic mass is 32.2. The van der Waals surface area contributed by atoms with E-state index in [1.165, 1.54) is 11.0 Å². The maximum Gasteiger partial charge on any atom is 0.416 e. The Balaban J connectivity index is 1.52. The van der Waals surface area contributed by atoms with Crippen molar-refractivity contribution >= 4 is 21.4 Å². The third-order valence-corrected chi connectivity index (χ3v) is 7.31. The highest BCUT2D eigenvalue weighted by molar-refractivity contribution is 7.91. The highest BCUT2D eigenvalue weighted by Crippen LogP contribution is 2.31. The van der Waals surface area contributed by atoms with E-state index in [1.807, 2.05) is 4.90 Å². The van der Waals surface area contributed by atoms with Crippen LogP contribution >= 0.6 is 0 Å². The third kappa shape index (κ3) is 4.96. The molecular formula is C18H25F3N3O3S+. The Morgan fingerprint density at radius 2 is 1.96 bits per heavy atom. The summed E-state index contributed by atoms with van der Waals surface area (Å²) in [6.45, 7) is 2.66. The van der Waals surface area contributed by atoms with Crippen molar-refractivity contribution in [2.24, 2.45) is 0 Å². The molecule has 1 N–H and O–H groups in total. The minimum atomic E-state index is -4.37. The van der Waals surface area contributed by atoms with Crippen molar-refractivity contribution in [2.75, 3.05) is 56.2 Å². The molecule has 1 atom stereocenters. The van der Waals surface area contributed by atoms with Gasteiger partial charge in [0.15, 0.2) is 16.4 Å². The third-order valence-electron chi connectivity index (χ3n) is 5.56. The molecule has 0 saturated carbocycles. The predicted molar refractivity (Wildman–Crippen MR) is 99.0 cm³/mol. The van der Waals surface area contributed by atoms with Crippen molar-refractivity contribution in [3.63, 3.8) is 0 Å².